The maximum Gasteiger partial charge on any atom is 0.189 e. The second kappa shape index (κ2) is 9.01. The summed E-state index contributed by atoms with van der Waals surface area (Å²) in [6.45, 7) is 4.41. The standard InChI is InChI=1S/C21H26FNO3/c1-3-20(15-4-7-18(22)8-5-15)17(11-23-2)13-25-19-9-6-16-12-24-14-26-21(16)10-19/h4-10,17,20,23H,3,11-14H2,1-2H3/t17-,20?/m0/s1. The third-order valence-electron chi connectivity index (χ3n) is 4.83. The molecule has 0 saturated carbocycles. The van der Waals surface area contributed by atoms with Crippen molar-refractivity contribution < 1.29 is 18.6 Å². The second-order valence-electron chi connectivity index (χ2n) is 6.58. The lowest BCUT2D eigenvalue weighted by molar-refractivity contribution is -0.0165. The van der Waals surface area contributed by atoms with Crippen molar-refractivity contribution in [1.29, 1.82) is 0 Å². The summed E-state index contributed by atoms with van der Waals surface area (Å²) in [5.74, 6) is 1.98. The minimum atomic E-state index is -0.206. The molecule has 5 heteroatoms. The van der Waals surface area contributed by atoms with Gasteiger partial charge in [0.15, 0.2) is 6.79 Å². The molecule has 26 heavy (non-hydrogen) atoms. The molecule has 0 radical (unpaired) electrons. The van der Waals surface area contributed by atoms with E-state index in [2.05, 4.69) is 12.2 Å². The first-order valence-corrected chi connectivity index (χ1v) is 9.07. The molecule has 0 aliphatic carbocycles. The molecule has 4 nitrogen and oxygen atoms in total. The van der Waals surface area contributed by atoms with Gasteiger partial charge < -0.3 is 19.5 Å². The molecule has 2 aromatic carbocycles. The SMILES string of the molecule is CCC(c1ccc(F)cc1)[C@@H](CNC)COc1ccc2c(c1)OCOC2. The van der Waals surface area contributed by atoms with E-state index in [1.165, 1.54) is 12.1 Å². The first kappa shape index (κ1) is 18.7. The fraction of sp³-hybridized carbons (Fsp3) is 0.429. The third-order valence-corrected chi connectivity index (χ3v) is 4.83. The molecule has 0 bridgehead atoms. The number of rotatable bonds is 8. The van der Waals surface area contributed by atoms with Gasteiger partial charge in [-0.1, -0.05) is 19.1 Å². The van der Waals surface area contributed by atoms with Crippen LogP contribution in [0.2, 0.25) is 0 Å². The summed E-state index contributed by atoms with van der Waals surface area (Å²) in [4.78, 5) is 0. The van der Waals surface area contributed by atoms with Crippen molar-refractivity contribution in [1.82, 2.24) is 5.32 Å². The molecule has 3 rings (SSSR count). The van der Waals surface area contributed by atoms with Gasteiger partial charge in [-0.15, -0.1) is 0 Å². The average molecular weight is 359 g/mol. The lowest BCUT2D eigenvalue weighted by atomic mass is 9.84. The second-order valence-corrected chi connectivity index (χ2v) is 6.58. The van der Waals surface area contributed by atoms with Gasteiger partial charge in [-0.05, 0) is 49.2 Å². The van der Waals surface area contributed by atoms with Gasteiger partial charge in [0, 0.05) is 24.1 Å². The van der Waals surface area contributed by atoms with E-state index in [1.54, 1.807) is 0 Å². The van der Waals surface area contributed by atoms with E-state index >= 15 is 0 Å². The number of benzene rings is 2. The molecule has 0 aromatic heterocycles. The topological polar surface area (TPSA) is 39.7 Å². The zero-order valence-electron chi connectivity index (χ0n) is 15.3. The van der Waals surface area contributed by atoms with Crippen molar-refractivity contribution in [2.45, 2.75) is 25.9 Å². The number of nitrogens with one attached hydrogen (secondary N) is 1. The predicted octanol–water partition coefficient (Wildman–Crippen LogP) is 4.10. The van der Waals surface area contributed by atoms with Gasteiger partial charge in [-0.2, -0.15) is 0 Å². The molecule has 2 atom stereocenters. The smallest absolute Gasteiger partial charge is 0.189 e. The highest BCUT2D eigenvalue weighted by molar-refractivity contribution is 5.41. The van der Waals surface area contributed by atoms with Gasteiger partial charge in [0.1, 0.15) is 17.3 Å². The first-order valence-electron chi connectivity index (χ1n) is 9.07. The Labute approximate surface area is 154 Å². The first-order chi connectivity index (χ1) is 12.7. The van der Waals surface area contributed by atoms with Crippen molar-refractivity contribution >= 4 is 0 Å². The minimum Gasteiger partial charge on any atom is -0.493 e. The van der Waals surface area contributed by atoms with Crippen LogP contribution in [-0.4, -0.2) is 27.0 Å². The zero-order chi connectivity index (χ0) is 18.4. The number of halogens is 1. The molecule has 0 spiro atoms. The highest BCUT2D eigenvalue weighted by Gasteiger charge is 2.22. The van der Waals surface area contributed by atoms with Crippen LogP contribution in [0.3, 0.4) is 0 Å². The van der Waals surface area contributed by atoms with Crippen LogP contribution < -0.4 is 14.8 Å². The largest absolute Gasteiger partial charge is 0.493 e. The fourth-order valence-corrected chi connectivity index (χ4v) is 3.47. The van der Waals surface area contributed by atoms with E-state index in [0.717, 1.165) is 35.6 Å². The van der Waals surface area contributed by atoms with Crippen LogP contribution in [-0.2, 0) is 11.3 Å². The van der Waals surface area contributed by atoms with Crippen LogP contribution in [0.4, 0.5) is 4.39 Å². The Bertz CT molecular complexity index is 705. The molecule has 1 unspecified atom stereocenters. The maximum absolute atomic E-state index is 13.3. The highest BCUT2D eigenvalue weighted by atomic mass is 19.1. The van der Waals surface area contributed by atoms with E-state index in [1.807, 2.05) is 37.4 Å². The third kappa shape index (κ3) is 4.54. The van der Waals surface area contributed by atoms with Crippen molar-refractivity contribution in [3.63, 3.8) is 0 Å². The molecule has 1 aliphatic rings. The minimum absolute atomic E-state index is 0.206. The van der Waals surface area contributed by atoms with Gasteiger partial charge in [0.25, 0.3) is 0 Å². The summed E-state index contributed by atoms with van der Waals surface area (Å²) in [5, 5.41) is 3.25. The average Bonchev–Trinajstić information content (AvgIpc) is 2.68. The Morgan fingerprint density at radius 1 is 1.19 bits per heavy atom. The molecule has 140 valence electrons. The Kier molecular flexibility index (Phi) is 6.47. The number of hydrogen-bond acceptors (Lipinski definition) is 4. The van der Waals surface area contributed by atoms with E-state index in [0.29, 0.717) is 19.1 Å². The highest BCUT2D eigenvalue weighted by Crippen LogP contribution is 2.31. The summed E-state index contributed by atoms with van der Waals surface area (Å²) in [6, 6.07) is 12.7. The Morgan fingerprint density at radius 2 is 2.00 bits per heavy atom. The van der Waals surface area contributed by atoms with E-state index in [9.17, 15) is 4.39 Å². The van der Waals surface area contributed by atoms with Gasteiger partial charge in [-0.25, -0.2) is 4.39 Å². The number of hydrogen-bond donors (Lipinski definition) is 1. The van der Waals surface area contributed by atoms with E-state index < -0.39 is 0 Å². The van der Waals surface area contributed by atoms with Crippen LogP contribution >= 0.6 is 0 Å². The number of ether oxygens (including phenoxy) is 3. The van der Waals surface area contributed by atoms with Gasteiger partial charge >= 0.3 is 0 Å². The van der Waals surface area contributed by atoms with E-state index in [-0.39, 0.29) is 18.5 Å². The summed E-state index contributed by atoms with van der Waals surface area (Å²) in [6.07, 6.45) is 0.964. The molecule has 2 aromatic rings. The normalized spacial score (nSPS) is 15.7. The number of fused-ring (bicyclic) bond motifs is 1. The predicted molar refractivity (Wildman–Crippen MR) is 99.1 cm³/mol. The molecule has 1 N–H and O–H groups in total. The quantitative estimate of drug-likeness (QED) is 0.770. The van der Waals surface area contributed by atoms with Gasteiger partial charge in [0.05, 0.1) is 13.2 Å². The Balaban J connectivity index is 1.70. The van der Waals surface area contributed by atoms with E-state index in [4.69, 9.17) is 14.2 Å². The lowest BCUT2D eigenvalue weighted by Gasteiger charge is -2.27. The summed E-state index contributed by atoms with van der Waals surface area (Å²) in [7, 11) is 1.94. The zero-order valence-corrected chi connectivity index (χ0v) is 15.3. The fourth-order valence-electron chi connectivity index (χ4n) is 3.47. The lowest BCUT2D eigenvalue weighted by Crippen LogP contribution is -2.29. The van der Waals surface area contributed by atoms with Crippen LogP contribution in [0.15, 0.2) is 42.5 Å². The van der Waals surface area contributed by atoms with Gasteiger partial charge in [-0.3, -0.25) is 0 Å². The summed E-state index contributed by atoms with van der Waals surface area (Å²) >= 11 is 0. The van der Waals surface area contributed by atoms with Crippen molar-refractivity contribution in [3.8, 4) is 11.5 Å². The van der Waals surface area contributed by atoms with Crippen LogP contribution in [0.1, 0.15) is 30.4 Å². The maximum atomic E-state index is 13.3. The Morgan fingerprint density at radius 3 is 2.73 bits per heavy atom. The summed E-state index contributed by atoms with van der Waals surface area (Å²) in [5.41, 5.74) is 2.18. The Hall–Kier alpha value is -2.11. The molecular weight excluding hydrogens is 333 g/mol. The monoisotopic (exact) mass is 359 g/mol. The van der Waals surface area contributed by atoms with Gasteiger partial charge in [0.2, 0.25) is 0 Å². The van der Waals surface area contributed by atoms with Crippen LogP contribution in [0.5, 0.6) is 11.5 Å². The molecular formula is C21H26FNO3. The van der Waals surface area contributed by atoms with Crippen molar-refractivity contribution in [2.75, 3.05) is 27.0 Å². The molecule has 1 heterocycles. The molecule has 0 amide bonds. The van der Waals surface area contributed by atoms with Crippen molar-refractivity contribution in [3.05, 3.63) is 59.4 Å². The summed E-state index contributed by atoms with van der Waals surface area (Å²) < 4.78 is 30.1. The molecule has 0 fully saturated rings. The van der Waals surface area contributed by atoms with Crippen molar-refractivity contribution in [2.24, 2.45) is 5.92 Å². The molecule has 1 aliphatic heterocycles. The van der Waals surface area contributed by atoms with Crippen LogP contribution in [0, 0.1) is 11.7 Å². The molecule has 0 saturated heterocycles. The van der Waals surface area contributed by atoms with Crippen LogP contribution in [0.25, 0.3) is 0 Å².